The van der Waals surface area contributed by atoms with Crippen molar-refractivity contribution in [2.45, 2.75) is 25.7 Å². The van der Waals surface area contributed by atoms with Crippen LogP contribution in [0.1, 0.15) is 24.8 Å². The lowest BCUT2D eigenvalue weighted by Crippen LogP contribution is -2.49. The van der Waals surface area contributed by atoms with Gasteiger partial charge in [0.1, 0.15) is 0 Å². The molecule has 3 aliphatic rings. The van der Waals surface area contributed by atoms with Crippen LogP contribution in [0.25, 0.3) is 0 Å². The second-order valence-corrected chi connectivity index (χ2v) is 7.27. The molecular weight excluding hydrogens is 297 g/mol. The summed E-state index contributed by atoms with van der Waals surface area (Å²) >= 11 is 0. The molecule has 5 heteroatoms. The number of carbonyl (C=O) groups is 1. The molecule has 2 unspecified atom stereocenters. The summed E-state index contributed by atoms with van der Waals surface area (Å²) in [5.74, 6) is 0.0617. The molecule has 0 N–H and O–H groups in total. The Bertz CT molecular complexity index is 629. The van der Waals surface area contributed by atoms with E-state index in [9.17, 15) is 9.18 Å². The average molecular weight is 319 g/mol. The van der Waals surface area contributed by atoms with Gasteiger partial charge in [-0.15, -0.1) is 0 Å². The Hall–Kier alpha value is -1.62. The van der Waals surface area contributed by atoms with E-state index in [1.54, 1.807) is 12.1 Å². The molecule has 1 aromatic carbocycles. The zero-order chi connectivity index (χ0) is 16.1. The van der Waals surface area contributed by atoms with E-state index in [2.05, 4.69) is 0 Å². The van der Waals surface area contributed by atoms with Crippen LogP contribution < -0.4 is 4.74 Å². The second kappa shape index (κ2) is 5.20. The molecule has 4 rings (SSSR count). The van der Waals surface area contributed by atoms with Crippen LogP contribution >= 0.6 is 0 Å². The lowest BCUT2D eigenvalue weighted by atomic mass is 9.53. The topological polar surface area (TPSA) is 38.8 Å². The number of ether oxygens (including phenoxy) is 2. The van der Waals surface area contributed by atoms with E-state index >= 15 is 0 Å². The maximum atomic E-state index is 13.4. The van der Waals surface area contributed by atoms with Crippen molar-refractivity contribution in [1.29, 1.82) is 0 Å². The number of hydrogen-bond donors (Lipinski definition) is 0. The molecule has 2 atom stereocenters. The molecule has 2 heterocycles. The largest absolute Gasteiger partial charge is 0.494 e. The molecule has 0 aromatic heterocycles. The zero-order valence-corrected chi connectivity index (χ0v) is 13.4. The summed E-state index contributed by atoms with van der Waals surface area (Å²) in [6.45, 7) is 3.31. The minimum Gasteiger partial charge on any atom is -0.494 e. The molecule has 124 valence electrons. The van der Waals surface area contributed by atoms with Gasteiger partial charge in [0, 0.05) is 30.3 Å². The summed E-state index contributed by atoms with van der Waals surface area (Å²) in [7, 11) is 1.45. The van der Waals surface area contributed by atoms with Gasteiger partial charge in [0.25, 0.3) is 0 Å². The number of rotatable bonds is 4. The fourth-order valence-electron chi connectivity index (χ4n) is 4.54. The smallest absolute Gasteiger partial charge is 0.222 e. The fourth-order valence-corrected chi connectivity index (χ4v) is 4.54. The van der Waals surface area contributed by atoms with Gasteiger partial charge in [0.2, 0.25) is 5.91 Å². The van der Waals surface area contributed by atoms with Gasteiger partial charge in [-0.2, -0.15) is 0 Å². The minimum absolute atomic E-state index is 0.198. The first-order valence-electron chi connectivity index (χ1n) is 8.26. The normalized spacial score (nSPS) is 31.5. The van der Waals surface area contributed by atoms with Crippen LogP contribution in [0.15, 0.2) is 18.2 Å². The van der Waals surface area contributed by atoms with Gasteiger partial charge in [0.15, 0.2) is 11.6 Å². The van der Waals surface area contributed by atoms with E-state index in [1.165, 1.54) is 26.0 Å². The standard InChI is InChI=1S/C18H22FNO3/c1-22-15-8-13(2-4-14(15)19)3-5-16(21)20-9-17-6-7-18(17,10-20)12-23-11-17/h2,4,8H,3,5-7,9-12H2,1H3. The molecule has 1 aliphatic carbocycles. The van der Waals surface area contributed by atoms with Crippen LogP contribution in [0.4, 0.5) is 4.39 Å². The van der Waals surface area contributed by atoms with E-state index in [-0.39, 0.29) is 28.3 Å². The van der Waals surface area contributed by atoms with Crippen molar-refractivity contribution in [3.05, 3.63) is 29.6 Å². The monoisotopic (exact) mass is 319 g/mol. The molecule has 2 aliphatic heterocycles. The van der Waals surface area contributed by atoms with Crippen LogP contribution in [0.2, 0.25) is 0 Å². The fraction of sp³-hybridized carbons (Fsp3) is 0.611. The van der Waals surface area contributed by atoms with Crippen LogP contribution in [-0.4, -0.2) is 44.2 Å². The first-order valence-corrected chi connectivity index (χ1v) is 8.26. The lowest BCUT2D eigenvalue weighted by Gasteiger charge is -2.47. The molecule has 1 saturated carbocycles. The number of amides is 1. The first kappa shape index (κ1) is 14.9. The third-order valence-electron chi connectivity index (χ3n) is 6.15. The Balaban J connectivity index is 1.38. The van der Waals surface area contributed by atoms with Crippen LogP contribution in [0.5, 0.6) is 5.75 Å². The van der Waals surface area contributed by atoms with Gasteiger partial charge in [0.05, 0.1) is 20.3 Å². The second-order valence-electron chi connectivity index (χ2n) is 7.27. The third kappa shape index (κ3) is 2.17. The molecule has 0 spiro atoms. The number of hydrogen-bond acceptors (Lipinski definition) is 3. The Morgan fingerprint density at radius 2 is 2.00 bits per heavy atom. The first-order chi connectivity index (χ1) is 11.1. The van der Waals surface area contributed by atoms with E-state index in [0.29, 0.717) is 12.8 Å². The van der Waals surface area contributed by atoms with Crippen LogP contribution in [-0.2, 0) is 16.0 Å². The highest BCUT2D eigenvalue weighted by Crippen LogP contribution is 2.64. The highest BCUT2D eigenvalue weighted by atomic mass is 19.1. The number of carbonyl (C=O) groups excluding carboxylic acids is 1. The molecule has 3 fully saturated rings. The maximum Gasteiger partial charge on any atom is 0.222 e. The van der Waals surface area contributed by atoms with Gasteiger partial charge in [-0.1, -0.05) is 6.07 Å². The highest BCUT2D eigenvalue weighted by molar-refractivity contribution is 5.77. The van der Waals surface area contributed by atoms with Crippen molar-refractivity contribution >= 4 is 5.91 Å². The molecule has 2 saturated heterocycles. The number of methoxy groups -OCH3 is 1. The maximum absolute atomic E-state index is 13.4. The van der Waals surface area contributed by atoms with Gasteiger partial charge in [-0.25, -0.2) is 4.39 Å². The van der Waals surface area contributed by atoms with Gasteiger partial charge in [-0.05, 0) is 37.0 Å². The number of halogens is 1. The molecule has 1 aromatic rings. The molecule has 4 nitrogen and oxygen atoms in total. The number of likely N-dealkylation sites (tertiary alicyclic amines) is 1. The van der Waals surface area contributed by atoms with Crippen molar-refractivity contribution in [2.24, 2.45) is 10.8 Å². The number of benzene rings is 1. The Morgan fingerprint density at radius 3 is 2.61 bits per heavy atom. The van der Waals surface area contributed by atoms with E-state index in [1.807, 2.05) is 4.90 Å². The van der Waals surface area contributed by atoms with E-state index in [4.69, 9.17) is 9.47 Å². The van der Waals surface area contributed by atoms with Gasteiger partial charge in [-0.3, -0.25) is 4.79 Å². The average Bonchev–Trinajstić information content (AvgIpc) is 2.88. The molecule has 1 amide bonds. The molecule has 23 heavy (non-hydrogen) atoms. The number of nitrogens with zero attached hydrogens (tertiary/aromatic N) is 1. The van der Waals surface area contributed by atoms with Crippen molar-refractivity contribution in [1.82, 2.24) is 4.90 Å². The van der Waals surface area contributed by atoms with Crippen molar-refractivity contribution in [3.8, 4) is 5.75 Å². The predicted octanol–water partition coefficient (Wildman–Crippen LogP) is 2.41. The van der Waals surface area contributed by atoms with Crippen LogP contribution in [0.3, 0.4) is 0 Å². The Labute approximate surface area is 135 Å². The predicted molar refractivity (Wildman–Crippen MR) is 82.8 cm³/mol. The molecule has 0 radical (unpaired) electrons. The van der Waals surface area contributed by atoms with Gasteiger partial charge >= 0.3 is 0 Å². The minimum atomic E-state index is -0.371. The summed E-state index contributed by atoms with van der Waals surface area (Å²) in [6, 6.07) is 4.80. The summed E-state index contributed by atoms with van der Waals surface area (Å²) in [4.78, 5) is 14.6. The quantitative estimate of drug-likeness (QED) is 0.855. The Morgan fingerprint density at radius 1 is 1.30 bits per heavy atom. The zero-order valence-electron chi connectivity index (χ0n) is 13.4. The molecule has 0 bridgehead atoms. The summed E-state index contributed by atoms with van der Waals surface area (Å²) < 4.78 is 24.1. The third-order valence-corrected chi connectivity index (χ3v) is 6.15. The van der Waals surface area contributed by atoms with Gasteiger partial charge < -0.3 is 14.4 Å². The highest BCUT2D eigenvalue weighted by Gasteiger charge is 2.67. The number of aryl methyl sites for hydroxylation is 1. The summed E-state index contributed by atoms with van der Waals surface area (Å²) in [5, 5.41) is 0. The van der Waals surface area contributed by atoms with Crippen LogP contribution in [0, 0.1) is 16.6 Å². The van der Waals surface area contributed by atoms with Crippen molar-refractivity contribution in [2.75, 3.05) is 33.4 Å². The lowest BCUT2D eigenvalue weighted by molar-refractivity contribution is -0.130. The Kier molecular flexibility index (Phi) is 3.38. The van der Waals surface area contributed by atoms with Crippen molar-refractivity contribution in [3.63, 3.8) is 0 Å². The summed E-state index contributed by atoms with van der Waals surface area (Å²) in [5.41, 5.74) is 1.40. The van der Waals surface area contributed by atoms with E-state index < -0.39 is 0 Å². The molecular formula is C18H22FNO3. The summed E-state index contributed by atoms with van der Waals surface area (Å²) in [6.07, 6.45) is 3.45. The SMILES string of the molecule is COc1cc(CCC(=O)N2CC34CCC3(COC4)C2)ccc1F. The van der Waals surface area contributed by atoms with Crippen molar-refractivity contribution < 1.29 is 18.7 Å². The van der Waals surface area contributed by atoms with E-state index in [0.717, 1.165) is 31.9 Å².